The lowest BCUT2D eigenvalue weighted by Gasteiger charge is -2.10. The number of nitrogens with zero attached hydrogens (tertiary/aromatic N) is 1. The molecule has 7 nitrogen and oxygen atoms in total. The predicted octanol–water partition coefficient (Wildman–Crippen LogP) is 1.06. The van der Waals surface area contributed by atoms with Crippen LogP contribution < -0.4 is 20.7 Å². The Labute approximate surface area is 124 Å². The van der Waals surface area contributed by atoms with Crippen LogP contribution >= 0.6 is 0 Å². The van der Waals surface area contributed by atoms with Gasteiger partial charge in [0.2, 0.25) is 0 Å². The standard InChI is InChI=1S/C14H22N4O3/c1-15-10-12-5-3-6-13(9-12)21-8-4-7-17-14(16-2)11-18(19)20/h3,5-6,9,11,15-17H,4,7-8,10H2,1-2H3. The maximum Gasteiger partial charge on any atom is 0.274 e. The first-order chi connectivity index (χ1) is 10.2. The third-order valence-electron chi connectivity index (χ3n) is 2.69. The molecule has 0 saturated heterocycles. The van der Waals surface area contributed by atoms with Gasteiger partial charge in [0.05, 0.1) is 11.5 Å². The van der Waals surface area contributed by atoms with Crippen molar-refractivity contribution in [3.63, 3.8) is 0 Å². The summed E-state index contributed by atoms with van der Waals surface area (Å²) in [6, 6.07) is 7.90. The van der Waals surface area contributed by atoms with Crippen LogP contribution in [0.15, 0.2) is 36.3 Å². The quantitative estimate of drug-likeness (QED) is 0.340. The number of nitrogens with one attached hydrogen (secondary N) is 3. The maximum atomic E-state index is 10.3. The molecule has 0 radical (unpaired) electrons. The predicted molar refractivity (Wildman–Crippen MR) is 81.5 cm³/mol. The minimum atomic E-state index is -0.497. The molecule has 0 saturated carbocycles. The smallest absolute Gasteiger partial charge is 0.274 e. The molecule has 0 atom stereocenters. The summed E-state index contributed by atoms with van der Waals surface area (Å²) in [5, 5.41) is 19.1. The van der Waals surface area contributed by atoms with Gasteiger partial charge < -0.3 is 20.7 Å². The van der Waals surface area contributed by atoms with E-state index in [9.17, 15) is 10.1 Å². The van der Waals surface area contributed by atoms with Crippen molar-refractivity contribution in [1.29, 1.82) is 0 Å². The Balaban J connectivity index is 2.28. The van der Waals surface area contributed by atoms with Gasteiger partial charge in [-0.3, -0.25) is 10.1 Å². The third kappa shape index (κ3) is 7.17. The highest BCUT2D eigenvalue weighted by Crippen LogP contribution is 2.13. The Hall–Kier alpha value is -2.28. The largest absolute Gasteiger partial charge is 0.494 e. The van der Waals surface area contributed by atoms with Crippen LogP contribution in [-0.2, 0) is 6.54 Å². The molecule has 0 heterocycles. The normalized spacial score (nSPS) is 11.0. The lowest BCUT2D eigenvalue weighted by atomic mass is 10.2. The first kappa shape index (κ1) is 16.8. The van der Waals surface area contributed by atoms with Crippen molar-refractivity contribution in [2.24, 2.45) is 0 Å². The van der Waals surface area contributed by atoms with Crippen LogP contribution in [0.1, 0.15) is 12.0 Å². The Morgan fingerprint density at radius 3 is 2.90 bits per heavy atom. The number of hydrogen-bond donors (Lipinski definition) is 3. The van der Waals surface area contributed by atoms with E-state index in [2.05, 4.69) is 16.0 Å². The molecule has 1 aromatic carbocycles. The van der Waals surface area contributed by atoms with Crippen LogP contribution in [0.5, 0.6) is 5.75 Å². The second-order valence-corrected chi connectivity index (χ2v) is 4.38. The van der Waals surface area contributed by atoms with Crippen LogP contribution in [-0.4, -0.2) is 32.2 Å². The molecule has 0 spiro atoms. The summed E-state index contributed by atoms with van der Waals surface area (Å²) < 4.78 is 5.65. The fourth-order valence-corrected chi connectivity index (χ4v) is 1.74. The zero-order valence-corrected chi connectivity index (χ0v) is 12.4. The summed E-state index contributed by atoms with van der Waals surface area (Å²) in [5.74, 6) is 1.22. The molecule has 7 heteroatoms. The number of hydrogen-bond acceptors (Lipinski definition) is 6. The van der Waals surface area contributed by atoms with Gasteiger partial charge in [-0.25, -0.2) is 0 Å². The minimum Gasteiger partial charge on any atom is -0.494 e. The molecule has 116 valence electrons. The van der Waals surface area contributed by atoms with E-state index in [-0.39, 0.29) is 0 Å². The van der Waals surface area contributed by atoms with E-state index in [0.29, 0.717) is 19.0 Å². The molecule has 0 unspecified atom stereocenters. The molecule has 3 N–H and O–H groups in total. The van der Waals surface area contributed by atoms with Gasteiger partial charge in [-0.15, -0.1) is 0 Å². The number of benzene rings is 1. The highest BCUT2D eigenvalue weighted by atomic mass is 16.6. The van der Waals surface area contributed by atoms with Crippen molar-refractivity contribution in [1.82, 2.24) is 16.0 Å². The van der Waals surface area contributed by atoms with E-state index in [1.54, 1.807) is 7.05 Å². The number of ether oxygens (including phenoxy) is 1. The van der Waals surface area contributed by atoms with E-state index < -0.39 is 4.92 Å². The van der Waals surface area contributed by atoms with E-state index in [4.69, 9.17) is 4.74 Å². The van der Waals surface area contributed by atoms with Gasteiger partial charge in [0, 0.05) is 20.1 Å². The third-order valence-corrected chi connectivity index (χ3v) is 2.69. The van der Waals surface area contributed by atoms with Crippen molar-refractivity contribution in [2.75, 3.05) is 27.2 Å². The van der Waals surface area contributed by atoms with Crippen LogP contribution in [0.3, 0.4) is 0 Å². The summed E-state index contributed by atoms with van der Waals surface area (Å²) in [4.78, 5) is 9.85. The Kier molecular flexibility index (Phi) is 7.67. The topological polar surface area (TPSA) is 88.5 Å². The fourth-order valence-electron chi connectivity index (χ4n) is 1.74. The summed E-state index contributed by atoms with van der Waals surface area (Å²) in [6.45, 7) is 1.94. The Bertz CT molecular complexity index is 477. The summed E-state index contributed by atoms with van der Waals surface area (Å²) >= 11 is 0. The fraction of sp³-hybridized carbons (Fsp3) is 0.429. The van der Waals surface area contributed by atoms with Gasteiger partial charge in [0.15, 0.2) is 5.82 Å². The van der Waals surface area contributed by atoms with Crippen LogP contribution in [0.25, 0.3) is 0 Å². The van der Waals surface area contributed by atoms with E-state index >= 15 is 0 Å². The van der Waals surface area contributed by atoms with Gasteiger partial charge in [0.1, 0.15) is 5.75 Å². The minimum absolute atomic E-state index is 0.385. The molecule has 0 aromatic heterocycles. The van der Waals surface area contributed by atoms with Gasteiger partial charge in [0.25, 0.3) is 6.20 Å². The maximum absolute atomic E-state index is 10.3. The summed E-state index contributed by atoms with van der Waals surface area (Å²) in [5.41, 5.74) is 1.17. The second-order valence-electron chi connectivity index (χ2n) is 4.38. The van der Waals surface area contributed by atoms with Crippen LogP contribution in [0.4, 0.5) is 0 Å². The van der Waals surface area contributed by atoms with E-state index in [0.717, 1.165) is 24.9 Å². The van der Waals surface area contributed by atoms with Crippen molar-refractivity contribution in [3.05, 3.63) is 52.0 Å². The van der Waals surface area contributed by atoms with Crippen LogP contribution in [0, 0.1) is 10.1 Å². The Morgan fingerprint density at radius 2 is 2.24 bits per heavy atom. The van der Waals surface area contributed by atoms with E-state index in [1.165, 1.54) is 5.56 Å². The summed E-state index contributed by atoms with van der Waals surface area (Å²) in [7, 11) is 3.53. The molecule has 0 fully saturated rings. The highest BCUT2D eigenvalue weighted by molar-refractivity contribution is 5.28. The van der Waals surface area contributed by atoms with Crippen molar-refractivity contribution < 1.29 is 9.66 Å². The first-order valence-electron chi connectivity index (χ1n) is 6.79. The molecular formula is C14H22N4O3. The molecule has 1 aromatic rings. The average Bonchev–Trinajstić information content (AvgIpc) is 2.46. The molecule has 0 amide bonds. The van der Waals surface area contributed by atoms with Gasteiger partial charge in [-0.05, 0) is 31.2 Å². The van der Waals surface area contributed by atoms with Crippen molar-refractivity contribution >= 4 is 0 Å². The van der Waals surface area contributed by atoms with Crippen molar-refractivity contribution in [2.45, 2.75) is 13.0 Å². The molecule has 0 bridgehead atoms. The number of nitro groups is 1. The monoisotopic (exact) mass is 294 g/mol. The van der Waals surface area contributed by atoms with Crippen LogP contribution in [0.2, 0.25) is 0 Å². The zero-order valence-electron chi connectivity index (χ0n) is 12.4. The molecular weight excluding hydrogens is 272 g/mol. The SMILES string of the molecule is CNCc1cccc(OCCCNC(=C[N+](=O)[O-])NC)c1. The average molecular weight is 294 g/mol. The Morgan fingerprint density at radius 1 is 1.43 bits per heavy atom. The molecule has 0 aliphatic carbocycles. The van der Waals surface area contributed by atoms with Gasteiger partial charge in [-0.1, -0.05) is 12.1 Å². The first-order valence-corrected chi connectivity index (χ1v) is 6.79. The second kappa shape index (κ2) is 9.60. The lowest BCUT2D eigenvalue weighted by molar-refractivity contribution is -0.404. The zero-order chi connectivity index (χ0) is 15.5. The van der Waals surface area contributed by atoms with Gasteiger partial charge >= 0.3 is 0 Å². The molecule has 0 aliphatic rings. The van der Waals surface area contributed by atoms with Gasteiger partial charge in [-0.2, -0.15) is 0 Å². The van der Waals surface area contributed by atoms with E-state index in [1.807, 2.05) is 31.3 Å². The van der Waals surface area contributed by atoms with Crippen molar-refractivity contribution in [3.8, 4) is 5.75 Å². The molecule has 1 rings (SSSR count). The molecule has 21 heavy (non-hydrogen) atoms. The number of rotatable bonds is 10. The summed E-state index contributed by atoms with van der Waals surface area (Å²) in [6.07, 6.45) is 1.65. The lowest BCUT2D eigenvalue weighted by Crippen LogP contribution is -2.26. The molecule has 0 aliphatic heterocycles. The highest BCUT2D eigenvalue weighted by Gasteiger charge is 2.00.